The Hall–Kier alpha value is -4.22. The van der Waals surface area contributed by atoms with Crippen LogP contribution in [0.3, 0.4) is 0 Å². The van der Waals surface area contributed by atoms with E-state index in [0.717, 1.165) is 51.6 Å². The van der Waals surface area contributed by atoms with Gasteiger partial charge < -0.3 is 9.40 Å². The van der Waals surface area contributed by atoms with Crippen LogP contribution >= 0.6 is 11.3 Å². The van der Waals surface area contributed by atoms with Crippen molar-refractivity contribution in [2.24, 2.45) is 0 Å². The molecule has 0 atom stereocenters. The molecular formula is C33H32FN5O3S2. The molecule has 7 rings (SSSR count). The Bertz CT molecular complexity index is 2050. The molecule has 4 aromatic heterocycles. The number of furan rings is 1. The molecule has 0 radical (unpaired) electrons. The number of anilines is 1. The monoisotopic (exact) mass is 629 g/mol. The number of aromatic amines is 1. The smallest absolute Gasteiger partial charge is 0.232 e. The van der Waals surface area contributed by atoms with Gasteiger partial charge in [0.2, 0.25) is 10.0 Å². The first-order valence-electron chi connectivity index (χ1n) is 14.6. The summed E-state index contributed by atoms with van der Waals surface area (Å²) < 4.78 is 50.4. The van der Waals surface area contributed by atoms with Crippen LogP contribution < -0.4 is 4.31 Å². The molecule has 2 aromatic carbocycles. The number of rotatable bonds is 10. The predicted molar refractivity (Wildman–Crippen MR) is 173 cm³/mol. The highest BCUT2D eigenvalue weighted by atomic mass is 32.2. The fourth-order valence-electron chi connectivity index (χ4n) is 5.88. The number of thiazole rings is 1. The fraction of sp³-hybridized carbons (Fsp3) is 0.273. The van der Waals surface area contributed by atoms with Crippen molar-refractivity contribution >= 4 is 38.0 Å². The number of hydrogen-bond acceptors (Lipinski definition) is 6. The maximum atomic E-state index is 13.8. The number of nitrogens with zero attached hydrogens (tertiary/aromatic N) is 4. The number of imidazole rings is 1. The Labute approximate surface area is 259 Å². The molecule has 1 saturated carbocycles. The molecule has 6 aromatic rings. The van der Waals surface area contributed by atoms with Crippen molar-refractivity contribution in [3.05, 3.63) is 94.8 Å². The maximum absolute atomic E-state index is 13.8. The number of sulfonamides is 1. The van der Waals surface area contributed by atoms with E-state index in [9.17, 15) is 12.8 Å². The van der Waals surface area contributed by atoms with Crippen molar-refractivity contribution in [2.45, 2.75) is 45.4 Å². The van der Waals surface area contributed by atoms with E-state index in [1.807, 2.05) is 6.07 Å². The third-order valence-electron chi connectivity index (χ3n) is 8.16. The first-order valence-corrected chi connectivity index (χ1v) is 17.3. The molecular weight excluding hydrogens is 598 g/mol. The molecule has 4 heterocycles. The Morgan fingerprint density at radius 2 is 1.86 bits per heavy atom. The average molecular weight is 630 g/mol. The normalized spacial score (nSPS) is 13.6. The minimum atomic E-state index is -3.60. The van der Waals surface area contributed by atoms with Crippen molar-refractivity contribution in [3.63, 3.8) is 0 Å². The van der Waals surface area contributed by atoms with Gasteiger partial charge in [-0.05, 0) is 93.5 Å². The molecule has 1 aliphatic carbocycles. The van der Waals surface area contributed by atoms with Crippen LogP contribution in [0.2, 0.25) is 0 Å². The van der Waals surface area contributed by atoms with E-state index < -0.39 is 10.0 Å². The molecule has 0 bridgehead atoms. The number of aromatic nitrogens is 4. The summed E-state index contributed by atoms with van der Waals surface area (Å²) in [6.45, 7) is 4.44. The quantitative estimate of drug-likeness (QED) is 0.167. The SMILES string of the molecule is Cc1ccc(C)n1-c1nc(CCCN(c2cc3oc(-c4ccc(F)cc4)c(-c4ncc[nH]4)c3cc2C2CC2)S(C)(=O)=O)cs1. The van der Waals surface area contributed by atoms with Gasteiger partial charge in [-0.2, -0.15) is 0 Å². The molecule has 0 amide bonds. The predicted octanol–water partition coefficient (Wildman–Crippen LogP) is 7.77. The minimum Gasteiger partial charge on any atom is -0.455 e. The molecule has 1 fully saturated rings. The lowest BCUT2D eigenvalue weighted by atomic mass is 10.0. The lowest BCUT2D eigenvalue weighted by molar-refractivity contribution is 0.594. The number of hydrogen-bond donors (Lipinski definition) is 1. The number of fused-ring (bicyclic) bond motifs is 1. The van der Waals surface area contributed by atoms with E-state index in [2.05, 4.69) is 52.0 Å². The van der Waals surface area contributed by atoms with Crippen LogP contribution in [-0.4, -0.2) is 40.7 Å². The van der Waals surface area contributed by atoms with Crippen molar-refractivity contribution in [1.82, 2.24) is 19.5 Å². The standard InChI is InChI=1S/C33H32FN5O3S2/c1-20-6-7-21(2)39(20)33-37-25(19-43-33)5-4-16-38(44(3,40)41)28-18-29-27(17-26(28)22-8-9-22)30(32-35-14-15-36-32)31(42-29)23-10-12-24(34)13-11-23/h6-7,10-15,17-19,22H,4-5,8-9,16H2,1-3H3,(H,35,36). The third-order valence-corrected chi connectivity index (χ3v) is 10.2. The first-order chi connectivity index (χ1) is 21.2. The summed E-state index contributed by atoms with van der Waals surface area (Å²) in [5, 5.41) is 3.81. The van der Waals surface area contributed by atoms with Crippen LogP contribution in [0.25, 0.3) is 38.8 Å². The highest BCUT2D eigenvalue weighted by molar-refractivity contribution is 7.92. The van der Waals surface area contributed by atoms with Gasteiger partial charge in [0, 0.05) is 52.7 Å². The average Bonchev–Trinajstić information content (AvgIpc) is 3.31. The van der Waals surface area contributed by atoms with Crippen molar-refractivity contribution in [1.29, 1.82) is 0 Å². The van der Waals surface area contributed by atoms with Gasteiger partial charge in [-0.25, -0.2) is 22.8 Å². The maximum Gasteiger partial charge on any atom is 0.232 e. The summed E-state index contributed by atoms with van der Waals surface area (Å²) in [5.41, 5.74) is 6.85. The summed E-state index contributed by atoms with van der Waals surface area (Å²) in [5.74, 6) is 1.11. The zero-order valence-corrected chi connectivity index (χ0v) is 26.3. The van der Waals surface area contributed by atoms with Gasteiger partial charge in [0.1, 0.15) is 23.0 Å². The highest BCUT2D eigenvalue weighted by Gasteiger charge is 2.32. The Morgan fingerprint density at radius 3 is 2.52 bits per heavy atom. The zero-order valence-electron chi connectivity index (χ0n) is 24.7. The van der Waals surface area contributed by atoms with Gasteiger partial charge in [0.15, 0.2) is 5.13 Å². The molecule has 0 saturated heterocycles. The molecule has 11 heteroatoms. The molecule has 44 heavy (non-hydrogen) atoms. The van der Waals surface area contributed by atoms with Crippen LogP contribution in [-0.2, 0) is 16.4 Å². The second kappa shape index (κ2) is 11.0. The zero-order chi connectivity index (χ0) is 30.6. The molecule has 1 N–H and O–H groups in total. The first kappa shape index (κ1) is 28.5. The van der Waals surface area contributed by atoms with Gasteiger partial charge in [-0.15, -0.1) is 11.3 Å². The van der Waals surface area contributed by atoms with Crippen LogP contribution in [0.5, 0.6) is 0 Å². The largest absolute Gasteiger partial charge is 0.455 e. The van der Waals surface area contributed by atoms with Gasteiger partial charge in [-0.3, -0.25) is 8.87 Å². The highest BCUT2D eigenvalue weighted by Crippen LogP contribution is 2.49. The summed E-state index contributed by atoms with van der Waals surface area (Å²) in [6, 6.07) is 14.2. The summed E-state index contributed by atoms with van der Waals surface area (Å²) in [6.07, 6.45) is 7.93. The van der Waals surface area contributed by atoms with Gasteiger partial charge in [-0.1, -0.05) is 0 Å². The van der Waals surface area contributed by atoms with E-state index in [4.69, 9.17) is 9.40 Å². The van der Waals surface area contributed by atoms with Gasteiger partial charge >= 0.3 is 0 Å². The van der Waals surface area contributed by atoms with Gasteiger partial charge in [0.25, 0.3) is 0 Å². The third kappa shape index (κ3) is 5.35. The van der Waals surface area contributed by atoms with E-state index in [0.29, 0.717) is 47.8 Å². The Morgan fingerprint density at radius 1 is 1.11 bits per heavy atom. The number of H-pyrrole nitrogens is 1. The molecule has 0 unspecified atom stereocenters. The van der Waals surface area contributed by atoms with Crippen LogP contribution in [0.1, 0.15) is 47.8 Å². The number of benzene rings is 2. The van der Waals surface area contributed by atoms with Crippen molar-refractivity contribution in [3.8, 4) is 27.8 Å². The van der Waals surface area contributed by atoms with Crippen molar-refractivity contribution < 1.29 is 17.2 Å². The minimum absolute atomic E-state index is 0.265. The van der Waals surface area contributed by atoms with Gasteiger partial charge in [0.05, 0.1) is 23.2 Å². The molecule has 0 aliphatic heterocycles. The molecule has 0 spiro atoms. The van der Waals surface area contributed by atoms with Crippen LogP contribution in [0, 0.1) is 19.7 Å². The van der Waals surface area contributed by atoms with E-state index in [1.165, 1.54) is 22.7 Å². The Kier molecular flexibility index (Phi) is 7.17. The molecule has 8 nitrogen and oxygen atoms in total. The number of halogens is 1. The lowest BCUT2D eigenvalue weighted by Gasteiger charge is -2.25. The topological polar surface area (TPSA) is 97.0 Å². The van der Waals surface area contributed by atoms with E-state index in [-0.39, 0.29) is 11.7 Å². The van der Waals surface area contributed by atoms with Crippen molar-refractivity contribution in [2.75, 3.05) is 17.1 Å². The summed E-state index contributed by atoms with van der Waals surface area (Å²) >= 11 is 1.59. The molecule has 226 valence electrons. The van der Waals surface area contributed by atoms with E-state index in [1.54, 1.807) is 35.9 Å². The summed E-state index contributed by atoms with van der Waals surface area (Å²) in [4.78, 5) is 12.5. The van der Waals surface area contributed by atoms with Crippen LogP contribution in [0.15, 0.2) is 70.7 Å². The summed E-state index contributed by atoms with van der Waals surface area (Å²) in [7, 11) is -3.60. The van der Waals surface area contributed by atoms with E-state index >= 15 is 0 Å². The number of nitrogens with one attached hydrogen (secondary N) is 1. The second-order valence-corrected chi connectivity index (χ2v) is 14.2. The second-order valence-electron chi connectivity index (χ2n) is 11.4. The fourth-order valence-corrected chi connectivity index (χ4v) is 7.83. The Balaban J connectivity index is 1.25. The van der Waals surface area contributed by atoms with Crippen LogP contribution in [0.4, 0.5) is 10.1 Å². The lowest BCUT2D eigenvalue weighted by Crippen LogP contribution is -2.32. The molecule has 1 aliphatic rings. The number of aryl methyl sites for hydroxylation is 3.